The topological polar surface area (TPSA) is 23.5 Å². The number of alkyl halides is 3. The highest BCUT2D eigenvalue weighted by atomic mass is 19.4. The summed E-state index contributed by atoms with van der Waals surface area (Å²) < 4.78 is 36.5. The van der Waals surface area contributed by atoms with E-state index in [2.05, 4.69) is 0 Å². The van der Waals surface area contributed by atoms with E-state index in [0.717, 1.165) is 11.1 Å². The molecule has 1 heterocycles. The highest BCUT2D eigenvalue weighted by Crippen LogP contribution is 2.26. The van der Waals surface area contributed by atoms with Crippen LogP contribution >= 0.6 is 0 Å². The molecule has 1 aromatic rings. The van der Waals surface area contributed by atoms with E-state index < -0.39 is 12.3 Å². The fourth-order valence-corrected chi connectivity index (χ4v) is 1.88. The lowest BCUT2D eigenvalue weighted by atomic mass is 10.1. The standard InChI is InChI=1S/C11H12F3NO/c12-11(13,14)10(16)7-15-5-8-3-1-2-4-9(8)6-15/h1-4,10,16H,5-7H2. The molecule has 1 aliphatic rings. The molecule has 2 rings (SSSR count). The Morgan fingerprint density at radius 2 is 1.69 bits per heavy atom. The maximum atomic E-state index is 12.2. The molecular formula is C11H12F3NO. The van der Waals surface area contributed by atoms with Gasteiger partial charge in [0.05, 0.1) is 0 Å². The van der Waals surface area contributed by atoms with Gasteiger partial charge in [0.1, 0.15) is 0 Å². The van der Waals surface area contributed by atoms with Crippen LogP contribution in [-0.2, 0) is 13.1 Å². The van der Waals surface area contributed by atoms with E-state index in [1.54, 1.807) is 4.90 Å². The van der Waals surface area contributed by atoms with E-state index in [0.29, 0.717) is 13.1 Å². The summed E-state index contributed by atoms with van der Waals surface area (Å²) in [6, 6.07) is 7.52. The van der Waals surface area contributed by atoms with Crippen LogP contribution in [0.1, 0.15) is 11.1 Å². The van der Waals surface area contributed by atoms with Crippen molar-refractivity contribution in [3.8, 4) is 0 Å². The van der Waals surface area contributed by atoms with Gasteiger partial charge in [-0.15, -0.1) is 0 Å². The summed E-state index contributed by atoms with van der Waals surface area (Å²) in [7, 11) is 0. The molecule has 0 aliphatic carbocycles. The Morgan fingerprint density at radius 3 is 2.12 bits per heavy atom. The zero-order valence-electron chi connectivity index (χ0n) is 8.54. The largest absolute Gasteiger partial charge is 0.415 e. The number of rotatable bonds is 2. The number of halogens is 3. The smallest absolute Gasteiger partial charge is 0.382 e. The Hall–Kier alpha value is -1.07. The third-order valence-corrected chi connectivity index (χ3v) is 2.72. The molecule has 5 heteroatoms. The second-order valence-corrected chi connectivity index (χ2v) is 4.00. The predicted molar refractivity (Wildman–Crippen MR) is 52.6 cm³/mol. The van der Waals surface area contributed by atoms with Gasteiger partial charge in [-0.3, -0.25) is 4.90 Å². The van der Waals surface area contributed by atoms with Gasteiger partial charge in [0, 0.05) is 19.6 Å². The second-order valence-electron chi connectivity index (χ2n) is 4.00. The Labute approximate surface area is 91.3 Å². The number of aliphatic hydroxyl groups excluding tert-OH is 1. The molecule has 1 aliphatic heterocycles. The van der Waals surface area contributed by atoms with Gasteiger partial charge in [0.25, 0.3) is 0 Å². The van der Waals surface area contributed by atoms with Crippen molar-refractivity contribution >= 4 is 0 Å². The van der Waals surface area contributed by atoms with E-state index in [1.807, 2.05) is 24.3 Å². The van der Waals surface area contributed by atoms with E-state index in [9.17, 15) is 13.2 Å². The first kappa shape index (κ1) is 11.4. The van der Waals surface area contributed by atoms with Gasteiger partial charge in [-0.2, -0.15) is 13.2 Å². The van der Waals surface area contributed by atoms with E-state index in [-0.39, 0.29) is 6.54 Å². The number of β-amino-alcohol motifs (C(OH)–C–C–N with tert-alkyl or cyclic N) is 1. The van der Waals surface area contributed by atoms with Crippen LogP contribution in [0.3, 0.4) is 0 Å². The summed E-state index contributed by atoms with van der Waals surface area (Å²) in [6.07, 6.45) is -6.80. The van der Waals surface area contributed by atoms with Crippen molar-refractivity contribution in [1.29, 1.82) is 0 Å². The summed E-state index contributed by atoms with van der Waals surface area (Å²) in [6.45, 7) is 0.588. The van der Waals surface area contributed by atoms with E-state index in [4.69, 9.17) is 5.11 Å². The van der Waals surface area contributed by atoms with Crippen molar-refractivity contribution < 1.29 is 18.3 Å². The van der Waals surface area contributed by atoms with Crippen LogP contribution in [-0.4, -0.2) is 28.8 Å². The molecule has 1 atom stereocenters. The number of fused-ring (bicyclic) bond motifs is 1. The Kier molecular flexibility index (Phi) is 2.90. The Morgan fingerprint density at radius 1 is 1.19 bits per heavy atom. The molecule has 1 unspecified atom stereocenters. The minimum absolute atomic E-state index is 0.363. The number of benzene rings is 1. The van der Waals surface area contributed by atoms with Crippen LogP contribution in [0.2, 0.25) is 0 Å². The molecule has 0 radical (unpaired) electrons. The number of hydrogen-bond donors (Lipinski definition) is 1. The molecule has 0 amide bonds. The first-order valence-corrected chi connectivity index (χ1v) is 5.01. The van der Waals surface area contributed by atoms with Crippen LogP contribution in [0.25, 0.3) is 0 Å². The van der Waals surface area contributed by atoms with Crippen LogP contribution in [0.5, 0.6) is 0 Å². The van der Waals surface area contributed by atoms with E-state index in [1.165, 1.54) is 0 Å². The summed E-state index contributed by atoms with van der Waals surface area (Å²) in [5.41, 5.74) is 2.08. The van der Waals surface area contributed by atoms with Crippen LogP contribution < -0.4 is 0 Å². The second kappa shape index (κ2) is 4.07. The quantitative estimate of drug-likeness (QED) is 0.840. The maximum absolute atomic E-state index is 12.2. The predicted octanol–water partition coefficient (Wildman–Crippen LogP) is 1.93. The van der Waals surface area contributed by atoms with E-state index >= 15 is 0 Å². The molecule has 1 aromatic carbocycles. The summed E-state index contributed by atoms with van der Waals surface area (Å²) >= 11 is 0. The number of aliphatic hydroxyl groups is 1. The van der Waals surface area contributed by atoms with Gasteiger partial charge < -0.3 is 5.11 Å². The van der Waals surface area contributed by atoms with Crippen LogP contribution in [0, 0.1) is 0 Å². The lowest BCUT2D eigenvalue weighted by molar-refractivity contribution is -0.208. The van der Waals surface area contributed by atoms with Gasteiger partial charge in [-0.25, -0.2) is 0 Å². The van der Waals surface area contributed by atoms with Crippen molar-refractivity contribution in [1.82, 2.24) is 4.90 Å². The van der Waals surface area contributed by atoms with Crippen molar-refractivity contribution in [3.63, 3.8) is 0 Å². The molecule has 0 saturated carbocycles. The highest BCUT2D eigenvalue weighted by Gasteiger charge is 2.39. The molecule has 0 saturated heterocycles. The zero-order chi connectivity index (χ0) is 11.8. The van der Waals surface area contributed by atoms with Crippen molar-refractivity contribution in [2.45, 2.75) is 25.4 Å². The lowest BCUT2D eigenvalue weighted by Crippen LogP contribution is -2.38. The van der Waals surface area contributed by atoms with Crippen LogP contribution in [0.4, 0.5) is 13.2 Å². The molecule has 1 N–H and O–H groups in total. The molecule has 16 heavy (non-hydrogen) atoms. The number of nitrogens with zero attached hydrogens (tertiary/aromatic N) is 1. The third kappa shape index (κ3) is 2.36. The monoisotopic (exact) mass is 231 g/mol. The van der Waals surface area contributed by atoms with Gasteiger partial charge in [-0.1, -0.05) is 24.3 Å². The van der Waals surface area contributed by atoms with Crippen molar-refractivity contribution in [3.05, 3.63) is 35.4 Å². The number of hydrogen-bond acceptors (Lipinski definition) is 2. The van der Waals surface area contributed by atoms with Gasteiger partial charge in [0.2, 0.25) is 0 Å². The summed E-state index contributed by atoms with van der Waals surface area (Å²) in [5.74, 6) is 0. The zero-order valence-corrected chi connectivity index (χ0v) is 8.54. The minimum atomic E-state index is -4.53. The molecule has 0 aromatic heterocycles. The van der Waals surface area contributed by atoms with Crippen LogP contribution in [0.15, 0.2) is 24.3 Å². The minimum Gasteiger partial charge on any atom is -0.382 e. The third-order valence-electron chi connectivity index (χ3n) is 2.72. The van der Waals surface area contributed by atoms with Crippen molar-refractivity contribution in [2.75, 3.05) is 6.54 Å². The summed E-state index contributed by atoms with van der Waals surface area (Å²) in [4.78, 5) is 1.60. The molecular weight excluding hydrogens is 219 g/mol. The first-order chi connectivity index (χ1) is 7.47. The summed E-state index contributed by atoms with van der Waals surface area (Å²) in [5, 5.41) is 8.96. The SMILES string of the molecule is OC(CN1Cc2ccccc2C1)C(F)(F)F. The van der Waals surface area contributed by atoms with Gasteiger partial charge in [-0.05, 0) is 11.1 Å². The average molecular weight is 231 g/mol. The van der Waals surface area contributed by atoms with Gasteiger partial charge in [0.15, 0.2) is 6.10 Å². The Bertz CT molecular complexity index is 353. The average Bonchev–Trinajstić information content (AvgIpc) is 2.58. The Balaban J connectivity index is 1.97. The highest BCUT2D eigenvalue weighted by molar-refractivity contribution is 5.30. The molecule has 0 spiro atoms. The molecule has 2 nitrogen and oxygen atoms in total. The fourth-order valence-electron chi connectivity index (χ4n) is 1.88. The molecule has 0 fully saturated rings. The van der Waals surface area contributed by atoms with Crippen molar-refractivity contribution in [2.24, 2.45) is 0 Å². The molecule has 0 bridgehead atoms. The first-order valence-electron chi connectivity index (χ1n) is 5.01. The fraction of sp³-hybridized carbons (Fsp3) is 0.455. The van der Waals surface area contributed by atoms with Gasteiger partial charge >= 0.3 is 6.18 Å². The normalized spacial score (nSPS) is 18.5. The lowest BCUT2D eigenvalue weighted by Gasteiger charge is -2.21. The molecule has 88 valence electrons. The maximum Gasteiger partial charge on any atom is 0.415 e.